The van der Waals surface area contributed by atoms with E-state index in [1.807, 2.05) is 25.1 Å². The Hall–Kier alpha value is -5.09. The molecule has 0 atom stereocenters. The second-order valence-electron chi connectivity index (χ2n) is 9.07. The summed E-state index contributed by atoms with van der Waals surface area (Å²) in [7, 11) is 3.77. The first-order valence-electron chi connectivity index (χ1n) is 12.1. The highest BCUT2D eigenvalue weighted by Crippen LogP contribution is 2.37. The molecule has 0 radical (unpaired) electrons. The van der Waals surface area contributed by atoms with E-state index in [4.69, 9.17) is 21.6 Å². The summed E-state index contributed by atoms with van der Waals surface area (Å²) in [5.74, 6) is -0.112. The third kappa shape index (κ3) is 6.86. The number of phenols is 1. The molecule has 1 amide bonds. The van der Waals surface area contributed by atoms with Crippen molar-refractivity contribution in [3.63, 3.8) is 0 Å². The van der Waals surface area contributed by atoms with Gasteiger partial charge in [-0.25, -0.2) is 0 Å². The van der Waals surface area contributed by atoms with E-state index in [1.165, 1.54) is 18.3 Å². The fraction of sp³-hybridized carbons (Fsp3) is 0.133. The van der Waals surface area contributed by atoms with Gasteiger partial charge in [-0.1, -0.05) is 29.8 Å². The molecule has 1 heterocycles. The fourth-order valence-corrected chi connectivity index (χ4v) is 4.06. The molecule has 40 heavy (non-hydrogen) atoms. The van der Waals surface area contributed by atoms with Crippen LogP contribution in [0.15, 0.2) is 72.9 Å². The van der Waals surface area contributed by atoms with Gasteiger partial charge in [0.15, 0.2) is 0 Å². The number of phenolic OH excluding ortho intramolecular Hbond substituents is 1. The molecule has 0 aliphatic heterocycles. The lowest BCUT2D eigenvalue weighted by atomic mass is 10.1. The maximum atomic E-state index is 12.4. The van der Waals surface area contributed by atoms with Crippen molar-refractivity contribution < 1.29 is 14.6 Å². The summed E-state index contributed by atoms with van der Waals surface area (Å²) in [6.45, 7) is 0.819. The van der Waals surface area contributed by atoms with Gasteiger partial charge in [-0.2, -0.15) is 10.5 Å². The van der Waals surface area contributed by atoms with Crippen molar-refractivity contribution in [3.8, 4) is 23.6 Å². The van der Waals surface area contributed by atoms with Gasteiger partial charge in [0.05, 0.1) is 39.1 Å². The predicted octanol–water partition coefficient (Wildman–Crippen LogP) is 5.72. The lowest BCUT2D eigenvalue weighted by molar-refractivity contribution is -0.111. The minimum atomic E-state index is -0.405. The van der Waals surface area contributed by atoms with Crippen LogP contribution in [0.5, 0.6) is 11.5 Å². The van der Waals surface area contributed by atoms with E-state index in [-0.39, 0.29) is 23.6 Å². The van der Waals surface area contributed by atoms with Crippen molar-refractivity contribution in [2.24, 2.45) is 0 Å². The summed E-state index contributed by atoms with van der Waals surface area (Å²) in [6.07, 6.45) is 4.50. The average molecular weight is 553 g/mol. The molecule has 0 spiro atoms. The number of pyridine rings is 1. The highest BCUT2D eigenvalue weighted by molar-refractivity contribution is 6.32. The Morgan fingerprint density at radius 3 is 2.70 bits per heavy atom. The van der Waals surface area contributed by atoms with Crippen molar-refractivity contribution in [1.29, 1.82) is 10.5 Å². The van der Waals surface area contributed by atoms with E-state index in [0.29, 0.717) is 45.2 Å². The summed E-state index contributed by atoms with van der Waals surface area (Å²) < 4.78 is 5.84. The highest BCUT2D eigenvalue weighted by Gasteiger charge is 2.15. The number of likely N-dealkylation sites (N-methyl/N-ethyl adjacent to an activating group) is 1. The zero-order valence-electron chi connectivity index (χ0n) is 21.8. The number of nitrogens with one attached hydrogen (secondary N) is 2. The normalized spacial score (nSPS) is 10.8. The molecule has 3 aromatic carbocycles. The van der Waals surface area contributed by atoms with Crippen LogP contribution in [0.3, 0.4) is 0 Å². The number of halogens is 1. The third-order valence-corrected chi connectivity index (χ3v) is 6.05. The molecular weight excluding hydrogens is 528 g/mol. The monoisotopic (exact) mass is 552 g/mol. The number of amides is 1. The maximum absolute atomic E-state index is 12.4. The number of rotatable bonds is 9. The first kappa shape index (κ1) is 27.9. The van der Waals surface area contributed by atoms with Gasteiger partial charge in [-0.3, -0.25) is 9.78 Å². The standard InChI is InChI=1S/C30H25ClN6O3/c1-37(2)10-4-7-29(39)36-26-13-23-25(14-27(26)38)34-17-21(16-33)30(23)35-22-8-9-28(24(31)12-22)40-18-20-6-3-5-19(11-20)15-32/h3-9,11-14,17,38H,10,18H2,1-2H3,(H,34,35)(H,36,39)/b7-4+. The summed E-state index contributed by atoms with van der Waals surface area (Å²) in [4.78, 5) is 18.6. The first-order valence-corrected chi connectivity index (χ1v) is 12.5. The number of ether oxygens (including phenoxy) is 1. The number of carbonyl (C=O) groups is 1. The Kier molecular flexibility index (Phi) is 8.82. The molecule has 4 aromatic rings. The molecule has 0 saturated carbocycles. The maximum Gasteiger partial charge on any atom is 0.248 e. The zero-order chi connectivity index (χ0) is 28.6. The van der Waals surface area contributed by atoms with E-state index in [0.717, 1.165) is 5.56 Å². The third-order valence-electron chi connectivity index (χ3n) is 5.76. The number of fused-ring (bicyclic) bond motifs is 1. The predicted molar refractivity (Wildman–Crippen MR) is 155 cm³/mol. The van der Waals surface area contributed by atoms with Crippen LogP contribution >= 0.6 is 11.6 Å². The van der Waals surface area contributed by atoms with Crippen LogP contribution < -0.4 is 15.4 Å². The molecule has 3 N–H and O–H groups in total. The molecule has 0 aliphatic rings. The van der Waals surface area contributed by atoms with Gasteiger partial charge in [0.1, 0.15) is 24.2 Å². The first-order chi connectivity index (χ1) is 19.3. The summed E-state index contributed by atoms with van der Waals surface area (Å²) in [5.41, 5.74) is 3.25. The molecule has 0 fully saturated rings. The van der Waals surface area contributed by atoms with E-state index >= 15 is 0 Å². The average Bonchev–Trinajstić information content (AvgIpc) is 2.93. The Morgan fingerprint density at radius 2 is 1.98 bits per heavy atom. The van der Waals surface area contributed by atoms with E-state index in [9.17, 15) is 15.2 Å². The second-order valence-corrected chi connectivity index (χ2v) is 9.48. The van der Waals surface area contributed by atoms with Crippen LogP contribution in [-0.4, -0.2) is 41.5 Å². The van der Waals surface area contributed by atoms with E-state index in [2.05, 4.69) is 27.8 Å². The molecule has 1 aromatic heterocycles. The van der Waals surface area contributed by atoms with E-state index < -0.39 is 5.91 Å². The number of anilines is 3. The number of aromatic nitrogens is 1. The van der Waals surface area contributed by atoms with Gasteiger partial charge in [-0.05, 0) is 56.1 Å². The van der Waals surface area contributed by atoms with Crippen LogP contribution in [-0.2, 0) is 11.4 Å². The SMILES string of the molecule is CN(C)C/C=C/C(=O)Nc1cc2c(Nc3ccc(OCc4cccc(C#N)c4)c(Cl)c3)c(C#N)cnc2cc1O. The molecule has 4 rings (SSSR count). The summed E-state index contributed by atoms with van der Waals surface area (Å²) in [6, 6.07) is 19.4. The number of hydrogen-bond donors (Lipinski definition) is 3. The number of benzene rings is 3. The van der Waals surface area contributed by atoms with Gasteiger partial charge < -0.3 is 25.4 Å². The van der Waals surface area contributed by atoms with Gasteiger partial charge in [0, 0.05) is 36.0 Å². The van der Waals surface area contributed by atoms with Crippen molar-refractivity contribution in [1.82, 2.24) is 9.88 Å². The van der Waals surface area contributed by atoms with Crippen LogP contribution in [0.1, 0.15) is 16.7 Å². The van der Waals surface area contributed by atoms with Crippen molar-refractivity contribution in [2.75, 3.05) is 31.3 Å². The van der Waals surface area contributed by atoms with Gasteiger partial charge in [-0.15, -0.1) is 0 Å². The zero-order valence-corrected chi connectivity index (χ0v) is 22.5. The van der Waals surface area contributed by atoms with Crippen molar-refractivity contribution in [2.45, 2.75) is 6.61 Å². The van der Waals surface area contributed by atoms with Gasteiger partial charge in [0.2, 0.25) is 5.91 Å². The smallest absolute Gasteiger partial charge is 0.248 e. The summed E-state index contributed by atoms with van der Waals surface area (Å²) in [5, 5.41) is 36.1. The van der Waals surface area contributed by atoms with E-state index in [1.54, 1.807) is 48.5 Å². The van der Waals surface area contributed by atoms with Gasteiger partial charge >= 0.3 is 0 Å². The molecule has 0 unspecified atom stereocenters. The molecule has 200 valence electrons. The number of hydrogen-bond acceptors (Lipinski definition) is 8. The van der Waals surface area contributed by atoms with Crippen molar-refractivity contribution in [3.05, 3.63) is 94.7 Å². The van der Waals surface area contributed by atoms with Gasteiger partial charge in [0.25, 0.3) is 0 Å². The van der Waals surface area contributed by atoms with Crippen LogP contribution in [0, 0.1) is 22.7 Å². The second kappa shape index (κ2) is 12.6. The highest BCUT2D eigenvalue weighted by atomic mass is 35.5. The molecule has 9 nitrogen and oxygen atoms in total. The Balaban J connectivity index is 1.59. The summed E-state index contributed by atoms with van der Waals surface area (Å²) >= 11 is 6.49. The van der Waals surface area contributed by atoms with Crippen LogP contribution in [0.2, 0.25) is 5.02 Å². The number of nitriles is 2. The quantitative estimate of drug-likeness (QED) is 0.177. The van der Waals surface area contributed by atoms with Crippen LogP contribution in [0.25, 0.3) is 10.9 Å². The minimum absolute atomic E-state index is 0.158. The molecule has 0 saturated heterocycles. The lowest BCUT2D eigenvalue weighted by Crippen LogP contribution is -2.13. The fourth-order valence-electron chi connectivity index (χ4n) is 3.82. The van der Waals surface area contributed by atoms with Crippen molar-refractivity contribution >= 4 is 45.5 Å². The minimum Gasteiger partial charge on any atom is -0.506 e. The molecule has 0 bridgehead atoms. The molecule has 10 heteroatoms. The topological polar surface area (TPSA) is 134 Å². The largest absolute Gasteiger partial charge is 0.506 e. The Morgan fingerprint density at radius 1 is 1.15 bits per heavy atom. The Labute approximate surface area is 236 Å². The number of nitrogens with zero attached hydrogens (tertiary/aromatic N) is 4. The number of aromatic hydroxyl groups is 1. The molecule has 0 aliphatic carbocycles. The lowest BCUT2D eigenvalue weighted by Gasteiger charge is -2.15. The number of carbonyl (C=O) groups excluding carboxylic acids is 1. The van der Waals surface area contributed by atoms with Crippen LogP contribution in [0.4, 0.5) is 17.1 Å². The molecular formula is C30H25ClN6O3. The Bertz CT molecular complexity index is 1690.